The highest BCUT2D eigenvalue weighted by atomic mass is 19.1. The van der Waals surface area contributed by atoms with Crippen molar-refractivity contribution in [1.82, 2.24) is 29.4 Å². The second-order valence-corrected chi connectivity index (χ2v) is 9.91. The fourth-order valence-electron chi connectivity index (χ4n) is 6.00. The van der Waals surface area contributed by atoms with Gasteiger partial charge in [-0.05, 0) is 57.4 Å². The molecular weight excluding hydrogens is 471 g/mol. The Morgan fingerprint density at radius 3 is 2.57 bits per heavy atom. The largest absolute Gasteiger partial charge is 0.490 e. The molecule has 2 atom stereocenters. The van der Waals surface area contributed by atoms with Gasteiger partial charge in [-0.2, -0.15) is 9.97 Å². The molecule has 0 amide bonds. The van der Waals surface area contributed by atoms with Gasteiger partial charge in [-0.1, -0.05) is 13.0 Å². The molecule has 2 saturated heterocycles. The summed E-state index contributed by atoms with van der Waals surface area (Å²) in [5, 5.41) is 0. The molecule has 6 rings (SSSR count). The predicted octanol–water partition coefficient (Wildman–Crippen LogP) is 4.79. The van der Waals surface area contributed by atoms with Gasteiger partial charge in [0, 0.05) is 41.7 Å². The van der Waals surface area contributed by atoms with Gasteiger partial charge < -0.3 is 14.0 Å². The SMILES string of the molecule is CCN1C2CCC1CC(Oc1ccc(Cn3c(-c4cccnc4)nc4c(C)nc(OC)nc43)c(F)c1)C2. The fourth-order valence-corrected chi connectivity index (χ4v) is 6.00. The Kier molecular flexibility index (Phi) is 6.24. The van der Waals surface area contributed by atoms with Crippen LogP contribution in [0.5, 0.6) is 11.8 Å². The number of hydrogen-bond acceptors (Lipinski definition) is 7. The topological polar surface area (TPSA) is 78.2 Å². The van der Waals surface area contributed by atoms with Crippen molar-refractivity contribution in [2.45, 2.75) is 64.3 Å². The van der Waals surface area contributed by atoms with Crippen LogP contribution in [0.25, 0.3) is 22.6 Å². The number of benzene rings is 1. The number of fused-ring (bicyclic) bond motifs is 3. The number of methoxy groups -OCH3 is 1. The molecule has 3 aromatic heterocycles. The third kappa shape index (κ3) is 4.41. The molecule has 8 nitrogen and oxygen atoms in total. The van der Waals surface area contributed by atoms with Crippen molar-refractivity contribution in [1.29, 1.82) is 0 Å². The molecule has 2 unspecified atom stereocenters. The zero-order chi connectivity index (χ0) is 25.5. The number of aryl methyl sites for hydroxylation is 1. The Labute approximate surface area is 215 Å². The Morgan fingerprint density at radius 1 is 1.08 bits per heavy atom. The first-order valence-corrected chi connectivity index (χ1v) is 12.9. The smallest absolute Gasteiger partial charge is 0.318 e. The predicted molar refractivity (Wildman–Crippen MR) is 138 cm³/mol. The summed E-state index contributed by atoms with van der Waals surface area (Å²) in [5.41, 5.74) is 3.26. The lowest BCUT2D eigenvalue weighted by atomic mass is 9.99. The molecule has 0 saturated carbocycles. The van der Waals surface area contributed by atoms with Crippen LogP contribution < -0.4 is 9.47 Å². The summed E-state index contributed by atoms with van der Waals surface area (Å²) in [6.07, 6.45) is 8.05. The van der Waals surface area contributed by atoms with E-state index < -0.39 is 0 Å². The number of piperidine rings is 1. The Bertz CT molecular complexity index is 1410. The van der Waals surface area contributed by atoms with E-state index in [1.807, 2.05) is 29.7 Å². The zero-order valence-electron chi connectivity index (χ0n) is 21.4. The quantitative estimate of drug-likeness (QED) is 0.360. The first-order valence-electron chi connectivity index (χ1n) is 12.9. The van der Waals surface area contributed by atoms with E-state index in [9.17, 15) is 0 Å². The third-order valence-corrected chi connectivity index (χ3v) is 7.71. The minimum Gasteiger partial charge on any atom is -0.490 e. The van der Waals surface area contributed by atoms with Crippen LogP contribution in [0, 0.1) is 12.7 Å². The molecule has 0 N–H and O–H groups in total. The highest BCUT2D eigenvalue weighted by molar-refractivity contribution is 5.79. The maximum atomic E-state index is 15.4. The van der Waals surface area contributed by atoms with E-state index in [0.29, 0.717) is 46.1 Å². The Morgan fingerprint density at radius 2 is 1.89 bits per heavy atom. The van der Waals surface area contributed by atoms with Gasteiger partial charge in [0.15, 0.2) is 5.65 Å². The second kappa shape index (κ2) is 9.70. The van der Waals surface area contributed by atoms with Crippen molar-refractivity contribution in [3.05, 3.63) is 59.8 Å². The van der Waals surface area contributed by atoms with Crippen LogP contribution in [-0.2, 0) is 6.54 Å². The monoisotopic (exact) mass is 502 g/mol. The second-order valence-electron chi connectivity index (χ2n) is 9.91. The number of nitrogens with zero attached hydrogens (tertiary/aromatic N) is 6. The van der Waals surface area contributed by atoms with Crippen LogP contribution in [-0.4, -0.2) is 61.2 Å². The summed E-state index contributed by atoms with van der Waals surface area (Å²) in [6.45, 7) is 5.42. The lowest BCUT2D eigenvalue weighted by molar-refractivity contribution is 0.0528. The van der Waals surface area contributed by atoms with Gasteiger partial charge in [-0.25, -0.2) is 9.37 Å². The number of ether oxygens (including phenoxy) is 2. The van der Waals surface area contributed by atoms with E-state index in [0.717, 1.165) is 24.9 Å². The molecule has 0 spiro atoms. The number of halogens is 1. The van der Waals surface area contributed by atoms with E-state index in [1.165, 1.54) is 26.0 Å². The normalized spacial score (nSPS) is 21.5. The number of aromatic nitrogens is 5. The molecule has 0 aliphatic carbocycles. The highest BCUT2D eigenvalue weighted by Gasteiger charge is 2.40. The molecule has 0 radical (unpaired) electrons. The van der Waals surface area contributed by atoms with Crippen molar-refractivity contribution >= 4 is 11.2 Å². The summed E-state index contributed by atoms with van der Waals surface area (Å²) in [5.74, 6) is 0.910. The first-order chi connectivity index (χ1) is 18.0. The van der Waals surface area contributed by atoms with Crippen LogP contribution in [0.4, 0.5) is 4.39 Å². The van der Waals surface area contributed by atoms with E-state index >= 15 is 4.39 Å². The highest BCUT2D eigenvalue weighted by Crippen LogP contribution is 2.37. The van der Waals surface area contributed by atoms with Crippen molar-refractivity contribution < 1.29 is 13.9 Å². The molecule has 5 heterocycles. The number of imidazole rings is 1. The van der Waals surface area contributed by atoms with Crippen LogP contribution in [0.1, 0.15) is 43.9 Å². The maximum absolute atomic E-state index is 15.4. The average Bonchev–Trinajstić information content (AvgIpc) is 3.40. The van der Waals surface area contributed by atoms with Crippen LogP contribution in [0.3, 0.4) is 0 Å². The van der Waals surface area contributed by atoms with Crippen molar-refractivity contribution in [2.24, 2.45) is 0 Å². The van der Waals surface area contributed by atoms with E-state index in [-0.39, 0.29) is 24.5 Å². The molecule has 37 heavy (non-hydrogen) atoms. The Balaban J connectivity index is 1.30. The molecular formula is C28H31FN6O2. The minimum absolute atomic E-state index is 0.132. The van der Waals surface area contributed by atoms with Gasteiger partial charge in [0.25, 0.3) is 0 Å². The average molecular weight is 503 g/mol. The van der Waals surface area contributed by atoms with Gasteiger partial charge in [0.1, 0.15) is 29.0 Å². The van der Waals surface area contributed by atoms with Crippen LogP contribution in [0.15, 0.2) is 42.7 Å². The fraction of sp³-hybridized carbons (Fsp3) is 0.429. The lowest BCUT2D eigenvalue weighted by Crippen LogP contribution is -2.46. The summed E-state index contributed by atoms with van der Waals surface area (Å²) < 4.78 is 28.9. The third-order valence-electron chi connectivity index (χ3n) is 7.71. The van der Waals surface area contributed by atoms with Gasteiger partial charge >= 0.3 is 6.01 Å². The molecule has 2 fully saturated rings. The van der Waals surface area contributed by atoms with Crippen molar-refractivity contribution in [2.75, 3.05) is 13.7 Å². The van der Waals surface area contributed by atoms with Crippen LogP contribution >= 0.6 is 0 Å². The van der Waals surface area contributed by atoms with Gasteiger partial charge in [0.2, 0.25) is 0 Å². The zero-order valence-corrected chi connectivity index (χ0v) is 21.4. The van der Waals surface area contributed by atoms with E-state index in [1.54, 1.807) is 18.5 Å². The molecule has 2 aliphatic heterocycles. The molecule has 4 aromatic rings. The standard InChI is InChI=1S/C28H31FN6O2/c1-4-34-20-8-9-21(34)13-23(12-20)37-22-10-7-19(24(29)14-22)16-35-26(18-6-5-11-30-15-18)32-25-17(2)31-28(36-3)33-27(25)35/h5-7,10-11,14-15,20-21,23H,4,8-9,12-13,16H2,1-3H3. The summed E-state index contributed by atoms with van der Waals surface area (Å²) in [7, 11) is 1.53. The van der Waals surface area contributed by atoms with E-state index in [2.05, 4.69) is 26.8 Å². The minimum atomic E-state index is -0.316. The number of pyridine rings is 1. The van der Waals surface area contributed by atoms with Crippen molar-refractivity contribution in [3.8, 4) is 23.1 Å². The number of rotatable bonds is 7. The summed E-state index contributed by atoms with van der Waals surface area (Å²) in [6, 6.07) is 10.4. The molecule has 1 aromatic carbocycles. The summed E-state index contributed by atoms with van der Waals surface area (Å²) >= 11 is 0. The van der Waals surface area contributed by atoms with Gasteiger partial charge in [-0.3, -0.25) is 9.88 Å². The van der Waals surface area contributed by atoms with E-state index in [4.69, 9.17) is 14.5 Å². The molecule has 9 heteroatoms. The summed E-state index contributed by atoms with van der Waals surface area (Å²) in [4.78, 5) is 20.6. The molecule has 2 bridgehead atoms. The van der Waals surface area contributed by atoms with Gasteiger partial charge in [-0.15, -0.1) is 0 Å². The lowest BCUT2D eigenvalue weighted by Gasteiger charge is -2.38. The number of hydrogen-bond donors (Lipinski definition) is 0. The maximum Gasteiger partial charge on any atom is 0.318 e. The molecule has 2 aliphatic rings. The first kappa shape index (κ1) is 23.8. The van der Waals surface area contributed by atoms with Crippen LogP contribution in [0.2, 0.25) is 0 Å². The Hall–Kier alpha value is -3.59. The van der Waals surface area contributed by atoms with Crippen molar-refractivity contribution in [3.63, 3.8) is 0 Å². The van der Waals surface area contributed by atoms with Gasteiger partial charge in [0.05, 0.1) is 19.3 Å². The molecule has 192 valence electrons.